The van der Waals surface area contributed by atoms with Crippen LogP contribution in [0, 0.1) is 17.3 Å². The summed E-state index contributed by atoms with van der Waals surface area (Å²) in [7, 11) is 0. The number of alkyl halides is 2. The summed E-state index contributed by atoms with van der Waals surface area (Å²) < 4.78 is 24.9. The molecule has 0 spiro atoms. The van der Waals surface area contributed by atoms with E-state index in [0.29, 0.717) is 0 Å². The van der Waals surface area contributed by atoms with Gasteiger partial charge in [0.2, 0.25) is 0 Å². The first-order valence-corrected chi connectivity index (χ1v) is 4.27. The van der Waals surface area contributed by atoms with Crippen molar-refractivity contribution in [3.63, 3.8) is 0 Å². The van der Waals surface area contributed by atoms with Crippen LogP contribution in [0.25, 0.3) is 0 Å². The van der Waals surface area contributed by atoms with Gasteiger partial charge in [-0.2, -0.15) is 0 Å². The molecule has 0 bridgehead atoms. The van der Waals surface area contributed by atoms with Gasteiger partial charge in [0.05, 0.1) is 12.8 Å². The molecule has 0 unspecified atom stereocenters. The van der Waals surface area contributed by atoms with E-state index in [-0.39, 0.29) is 5.41 Å². The second-order valence-corrected chi connectivity index (χ2v) is 4.74. The fraction of sp³-hybridized carbons (Fsp3) is 0.800. The molecule has 1 rings (SSSR count). The van der Waals surface area contributed by atoms with Crippen LogP contribution in [0.1, 0.15) is 33.6 Å². The van der Waals surface area contributed by atoms with Crippen molar-refractivity contribution in [3.05, 3.63) is 0 Å². The molecule has 0 saturated heterocycles. The number of hydrogen-bond acceptors (Lipinski definition) is 1. The lowest BCUT2D eigenvalue weighted by Gasteiger charge is -2.39. The first kappa shape index (κ1) is 10.5. The van der Waals surface area contributed by atoms with Crippen molar-refractivity contribution >= 4 is 0 Å². The van der Waals surface area contributed by atoms with Crippen LogP contribution >= 0.6 is 0 Å². The maximum absolute atomic E-state index is 12.4. The molecule has 1 nitrogen and oxygen atoms in total. The van der Waals surface area contributed by atoms with Crippen LogP contribution in [0.4, 0.5) is 8.78 Å². The molecule has 74 valence electrons. The van der Waals surface area contributed by atoms with Crippen LogP contribution in [-0.2, 0) is 0 Å². The van der Waals surface area contributed by atoms with E-state index in [1.54, 1.807) is 0 Å². The van der Waals surface area contributed by atoms with E-state index in [1.807, 2.05) is 20.8 Å². The van der Waals surface area contributed by atoms with Crippen LogP contribution in [0.15, 0.2) is 0 Å². The molecular weight excluding hydrogens is 174 g/mol. The second kappa shape index (κ2) is 2.68. The summed E-state index contributed by atoms with van der Waals surface area (Å²) >= 11 is 0. The SMILES string of the molecule is CC(C)(C)C#CC1(O)CC(F)(F)C1. The Kier molecular flexibility index (Phi) is 2.16. The monoisotopic (exact) mass is 188 g/mol. The van der Waals surface area contributed by atoms with Crippen molar-refractivity contribution in [1.29, 1.82) is 0 Å². The molecule has 0 heterocycles. The lowest BCUT2D eigenvalue weighted by atomic mass is 9.76. The zero-order valence-electron chi connectivity index (χ0n) is 8.12. The second-order valence-electron chi connectivity index (χ2n) is 4.74. The molecule has 1 saturated carbocycles. The third kappa shape index (κ3) is 2.96. The molecular formula is C10H14F2O. The fourth-order valence-electron chi connectivity index (χ4n) is 1.20. The van der Waals surface area contributed by atoms with E-state index in [2.05, 4.69) is 11.8 Å². The van der Waals surface area contributed by atoms with Crippen molar-refractivity contribution < 1.29 is 13.9 Å². The van der Waals surface area contributed by atoms with Gasteiger partial charge in [0, 0.05) is 5.41 Å². The average Bonchev–Trinajstić information content (AvgIpc) is 1.77. The summed E-state index contributed by atoms with van der Waals surface area (Å²) in [6, 6.07) is 0. The van der Waals surface area contributed by atoms with Gasteiger partial charge in [-0.25, -0.2) is 8.78 Å². The predicted octanol–water partition coefficient (Wildman–Crippen LogP) is 2.20. The third-order valence-corrected chi connectivity index (χ3v) is 1.77. The molecule has 0 atom stereocenters. The Morgan fingerprint density at radius 1 is 1.23 bits per heavy atom. The van der Waals surface area contributed by atoms with Gasteiger partial charge >= 0.3 is 0 Å². The van der Waals surface area contributed by atoms with Gasteiger partial charge in [-0.1, -0.05) is 11.8 Å². The maximum atomic E-state index is 12.4. The highest BCUT2D eigenvalue weighted by Gasteiger charge is 2.55. The average molecular weight is 188 g/mol. The predicted molar refractivity (Wildman–Crippen MR) is 46.4 cm³/mol. The van der Waals surface area contributed by atoms with Gasteiger partial charge in [-0.05, 0) is 20.8 Å². The van der Waals surface area contributed by atoms with E-state index in [0.717, 1.165) is 0 Å². The zero-order valence-corrected chi connectivity index (χ0v) is 8.12. The molecule has 0 amide bonds. The quantitative estimate of drug-likeness (QED) is 0.578. The van der Waals surface area contributed by atoms with E-state index < -0.39 is 24.4 Å². The van der Waals surface area contributed by atoms with Crippen LogP contribution in [0.3, 0.4) is 0 Å². The van der Waals surface area contributed by atoms with E-state index in [9.17, 15) is 13.9 Å². The van der Waals surface area contributed by atoms with Crippen molar-refractivity contribution in [2.75, 3.05) is 0 Å². The van der Waals surface area contributed by atoms with Crippen molar-refractivity contribution in [2.24, 2.45) is 5.41 Å². The lowest BCUT2D eigenvalue weighted by molar-refractivity contribution is -0.176. The first-order valence-electron chi connectivity index (χ1n) is 4.27. The summed E-state index contributed by atoms with van der Waals surface area (Å²) in [5.41, 5.74) is -1.70. The van der Waals surface area contributed by atoms with Gasteiger partial charge in [0.1, 0.15) is 5.60 Å². The Labute approximate surface area is 77.1 Å². The zero-order chi connectivity index (χ0) is 10.3. The molecule has 1 fully saturated rings. The fourth-order valence-corrected chi connectivity index (χ4v) is 1.20. The first-order chi connectivity index (χ1) is 5.62. The summed E-state index contributed by atoms with van der Waals surface area (Å²) in [4.78, 5) is 0. The molecule has 0 aromatic rings. The Morgan fingerprint density at radius 2 is 1.69 bits per heavy atom. The summed E-state index contributed by atoms with van der Waals surface area (Å²) in [5.74, 6) is 2.56. The van der Waals surface area contributed by atoms with Crippen LogP contribution < -0.4 is 0 Å². The van der Waals surface area contributed by atoms with E-state index >= 15 is 0 Å². The van der Waals surface area contributed by atoms with Gasteiger partial charge in [-0.3, -0.25) is 0 Å². The molecule has 0 radical (unpaired) electrons. The molecule has 0 aromatic carbocycles. The van der Waals surface area contributed by atoms with Crippen molar-refractivity contribution in [1.82, 2.24) is 0 Å². The highest BCUT2D eigenvalue weighted by atomic mass is 19.3. The number of halogens is 2. The highest BCUT2D eigenvalue weighted by molar-refractivity contribution is 5.23. The largest absolute Gasteiger partial charge is 0.377 e. The minimum atomic E-state index is -2.72. The van der Waals surface area contributed by atoms with E-state index in [1.165, 1.54) is 0 Å². The lowest BCUT2D eigenvalue weighted by Crippen LogP contribution is -2.50. The van der Waals surface area contributed by atoms with Gasteiger partial charge in [0.15, 0.2) is 0 Å². The molecule has 1 N–H and O–H groups in total. The summed E-state index contributed by atoms with van der Waals surface area (Å²) in [6.07, 6.45) is -1.05. The van der Waals surface area contributed by atoms with E-state index in [4.69, 9.17) is 0 Å². The van der Waals surface area contributed by atoms with Crippen LogP contribution in [-0.4, -0.2) is 16.6 Å². The Hall–Kier alpha value is -0.620. The maximum Gasteiger partial charge on any atom is 0.255 e. The Morgan fingerprint density at radius 3 is 2.00 bits per heavy atom. The van der Waals surface area contributed by atoms with Gasteiger partial charge in [0.25, 0.3) is 5.92 Å². The number of aliphatic hydroxyl groups is 1. The van der Waals surface area contributed by atoms with Crippen molar-refractivity contribution in [3.8, 4) is 11.8 Å². The Bertz CT molecular complexity index is 257. The van der Waals surface area contributed by atoms with Crippen LogP contribution in [0.5, 0.6) is 0 Å². The number of rotatable bonds is 0. The smallest absolute Gasteiger partial charge is 0.255 e. The minimum absolute atomic E-state index is 0.249. The summed E-state index contributed by atoms with van der Waals surface area (Å²) in [6.45, 7) is 5.63. The van der Waals surface area contributed by atoms with Crippen molar-refractivity contribution in [2.45, 2.75) is 45.1 Å². The standard InChI is InChI=1S/C10H14F2O/c1-8(2,3)4-5-9(13)6-10(11,12)7-9/h13H,6-7H2,1-3H3. The molecule has 0 aromatic heterocycles. The molecule has 1 aliphatic carbocycles. The topological polar surface area (TPSA) is 20.2 Å². The molecule has 0 aliphatic heterocycles. The van der Waals surface area contributed by atoms with Gasteiger partial charge in [-0.15, -0.1) is 0 Å². The highest BCUT2D eigenvalue weighted by Crippen LogP contribution is 2.45. The summed E-state index contributed by atoms with van der Waals surface area (Å²) in [5, 5.41) is 9.46. The van der Waals surface area contributed by atoms with Crippen LogP contribution in [0.2, 0.25) is 0 Å². The minimum Gasteiger partial charge on any atom is -0.377 e. The number of hydrogen-bond donors (Lipinski definition) is 1. The molecule has 1 aliphatic rings. The molecule has 13 heavy (non-hydrogen) atoms. The molecule has 3 heteroatoms. The van der Waals surface area contributed by atoms with Gasteiger partial charge < -0.3 is 5.11 Å². The third-order valence-electron chi connectivity index (χ3n) is 1.77. The Balaban J connectivity index is 2.61. The normalized spacial score (nSPS) is 24.2.